The molecule has 1 saturated heterocycles. The Morgan fingerprint density at radius 2 is 1.64 bits per heavy atom. The fraction of sp³-hybridized carbons (Fsp3) is 0.500. The number of hydrogen-bond acceptors (Lipinski definition) is 5. The van der Waals surface area contributed by atoms with Crippen LogP contribution in [0.25, 0.3) is 22.9 Å². The Labute approximate surface area is 233 Å². The molecule has 0 unspecified atom stereocenters. The van der Waals surface area contributed by atoms with E-state index in [1.807, 2.05) is 45.9 Å². The summed E-state index contributed by atoms with van der Waals surface area (Å²) in [6, 6.07) is 9.72. The SMILES string of the molecule is CCCCN(CCCC)C(=O)c1ccn2nc(-c3cc(OC)cc(OC)c3)c(C=CCN3CCCCC3)c2c1. The number of pyridine rings is 1. The van der Waals surface area contributed by atoms with Crippen LogP contribution in [0.15, 0.2) is 42.6 Å². The van der Waals surface area contributed by atoms with Gasteiger partial charge in [-0.1, -0.05) is 45.3 Å². The van der Waals surface area contributed by atoms with Gasteiger partial charge in [0.15, 0.2) is 0 Å². The highest BCUT2D eigenvalue weighted by Gasteiger charge is 2.20. The maximum atomic E-state index is 13.6. The van der Waals surface area contributed by atoms with Crippen LogP contribution in [0.5, 0.6) is 11.5 Å². The van der Waals surface area contributed by atoms with Gasteiger partial charge in [0.1, 0.15) is 17.2 Å². The molecule has 0 N–H and O–H groups in total. The average Bonchev–Trinajstić information content (AvgIpc) is 3.35. The molecule has 1 aliphatic rings. The number of piperidine rings is 1. The molecule has 3 aromatic rings. The second-order valence-electron chi connectivity index (χ2n) is 10.4. The third-order valence-corrected chi connectivity index (χ3v) is 7.49. The van der Waals surface area contributed by atoms with E-state index in [1.165, 1.54) is 19.3 Å². The number of fused-ring (bicyclic) bond motifs is 1. The molecule has 3 heterocycles. The molecule has 0 aliphatic carbocycles. The van der Waals surface area contributed by atoms with E-state index in [0.29, 0.717) is 17.1 Å². The molecule has 1 fully saturated rings. The highest BCUT2D eigenvalue weighted by molar-refractivity contribution is 5.96. The number of unbranched alkanes of at least 4 members (excludes halogenated alkanes) is 2. The molecule has 4 rings (SSSR count). The zero-order valence-electron chi connectivity index (χ0n) is 24.1. The molecule has 7 nitrogen and oxygen atoms in total. The van der Waals surface area contributed by atoms with Crippen LogP contribution < -0.4 is 9.47 Å². The molecule has 0 atom stereocenters. The van der Waals surface area contributed by atoms with Gasteiger partial charge >= 0.3 is 0 Å². The lowest BCUT2D eigenvalue weighted by atomic mass is 10.0. The third kappa shape index (κ3) is 7.21. The Hall–Kier alpha value is -3.32. The quantitative estimate of drug-likeness (QED) is 0.250. The number of methoxy groups -OCH3 is 2. The standard InChI is InChI=1S/C32H44N4O3/c1-5-7-18-35(19-8-6-2)32(37)25-14-20-36-30(23-25)29(13-12-17-34-15-10-9-11-16-34)31(33-36)26-21-27(38-3)24-28(22-26)39-4/h12-14,20-24H,5-11,15-19H2,1-4H3. The number of aromatic nitrogens is 2. The smallest absolute Gasteiger partial charge is 0.253 e. The predicted molar refractivity (Wildman–Crippen MR) is 159 cm³/mol. The Kier molecular flexibility index (Phi) is 10.4. The first-order valence-corrected chi connectivity index (χ1v) is 14.5. The van der Waals surface area contributed by atoms with Crippen LogP contribution in [0.4, 0.5) is 0 Å². The fourth-order valence-electron chi connectivity index (χ4n) is 5.18. The number of rotatable bonds is 13. The van der Waals surface area contributed by atoms with Gasteiger partial charge in [-0.3, -0.25) is 9.69 Å². The van der Waals surface area contributed by atoms with E-state index in [-0.39, 0.29) is 5.91 Å². The lowest BCUT2D eigenvalue weighted by molar-refractivity contribution is 0.0751. The molecule has 1 amide bonds. The summed E-state index contributed by atoms with van der Waals surface area (Å²) in [5, 5.41) is 4.96. The zero-order valence-corrected chi connectivity index (χ0v) is 24.1. The van der Waals surface area contributed by atoms with Crippen molar-refractivity contribution >= 4 is 17.5 Å². The van der Waals surface area contributed by atoms with Gasteiger partial charge in [-0.2, -0.15) is 5.10 Å². The molecular formula is C32H44N4O3. The predicted octanol–water partition coefficient (Wildman–Crippen LogP) is 6.56. The first kappa shape index (κ1) is 28.7. The average molecular weight is 533 g/mol. The summed E-state index contributed by atoms with van der Waals surface area (Å²) in [7, 11) is 3.31. The van der Waals surface area contributed by atoms with Crippen molar-refractivity contribution in [2.45, 2.75) is 58.8 Å². The third-order valence-electron chi connectivity index (χ3n) is 7.49. The van der Waals surface area contributed by atoms with Gasteiger partial charge in [0, 0.05) is 48.6 Å². The summed E-state index contributed by atoms with van der Waals surface area (Å²) in [5.74, 6) is 1.51. The highest BCUT2D eigenvalue weighted by Crippen LogP contribution is 2.34. The van der Waals surface area contributed by atoms with Crippen LogP contribution in [0.3, 0.4) is 0 Å². The number of carbonyl (C=O) groups excluding carboxylic acids is 1. The minimum atomic E-state index is 0.0912. The zero-order chi connectivity index (χ0) is 27.6. The second kappa shape index (κ2) is 14.2. The van der Waals surface area contributed by atoms with Crippen LogP contribution in [0.2, 0.25) is 0 Å². The maximum absolute atomic E-state index is 13.6. The van der Waals surface area contributed by atoms with Crippen molar-refractivity contribution in [3.63, 3.8) is 0 Å². The highest BCUT2D eigenvalue weighted by atomic mass is 16.5. The van der Waals surface area contributed by atoms with Gasteiger partial charge in [0.25, 0.3) is 5.91 Å². The van der Waals surface area contributed by atoms with Gasteiger partial charge in [-0.25, -0.2) is 4.52 Å². The van der Waals surface area contributed by atoms with E-state index in [2.05, 4.69) is 30.9 Å². The van der Waals surface area contributed by atoms with E-state index in [9.17, 15) is 4.79 Å². The number of benzene rings is 1. The maximum Gasteiger partial charge on any atom is 0.253 e. The number of nitrogens with zero attached hydrogens (tertiary/aromatic N) is 4. The number of ether oxygens (including phenoxy) is 2. The number of hydrogen-bond donors (Lipinski definition) is 0. The van der Waals surface area contributed by atoms with Crippen molar-refractivity contribution < 1.29 is 14.3 Å². The van der Waals surface area contributed by atoms with Crippen molar-refractivity contribution in [1.82, 2.24) is 19.4 Å². The summed E-state index contributed by atoms with van der Waals surface area (Å²) in [5.41, 5.74) is 4.35. The molecule has 0 radical (unpaired) electrons. The molecule has 0 saturated carbocycles. The lowest BCUT2D eigenvalue weighted by Crippen LogP contribution is -2.33. The number of amides is 1. The normalized spacial score (nSPS) is 14.3. The molecule has 0 bridgehead atoms. The first-order valence-electron chi connectivity index (χ1n) is 14.5. The summed E-state index contributed by atoms with van der Waals surface area (Å²) in [6.07, 6.45) is 14.3. The summed E-state index contributed by atoms with van der Waals surface area (Å²) >= 11 is 0. The van der Waals surface area contributed by atoms with E-state index in [1.54, 1.807) is 14.2 Å². The van der Waals surface area contributed by atoms with Crippen molar-refractivity contribution in [2.24, 2.45) is 0 Å². The van der Waals surface area contributed by atoms with E-state index < -0.39 is 0 Å². The van der Waals surface area contributed by atoms with E-state index >= 15 is 0 Å². The summed E-state index contributed by atoms with van der Waals surface area (Å²) < 4.78 is 13.0. The Bertz CT molecular complexity index is 1230. The molecular weight excluding hydrogens is 488 g/mol. The van der Waals surface area contributed by atoms with Crippen LogP contribution in [-0.4, -0.2) is 72.3 Å². The minimum absolute atomic E-state index is 0.0912. The van der Waals surface area contributed by atoms with Crippen LogP contribution >= 0.6 is 0 Å². The van der Waals surface area contributed by atoms with Gasteiger partial charge in [0.05, 0.1) is 19.7 Å². The first-order chi connectivity index (χ1) is 19.1. The lowest BCUT2D eigenvalue weighted by Gasteiger charge is -2.24. The molecule has 210 valence electrons. The van der Waals surface area contributed by atoms with Crippen molar-refractivity contribution in [1.29, 1.82) is 0 Å². The largest absolute Gasteiger partial charge is 0.497 e. The Morgan fingerprint density at radius 3 is 2.26 bits per heavy atom. The molecule has 1 aliphatic heterocycles. The number of likely N-dealkylation sites (tertiary alicyclic amines) is 1. The number of carbonyl (C=O) groups is 1. The van der Waals surface area contributed by atoms with E-state index in [0.717, 1.165) is 80.7 Å². The Morgan fingerprint density at radius 1 is 0.974 bits per heavy atom. The molecule has 7 heteroatoms. The van der Waals surface area contributed by atoms with E-state index in [4.69, 9.17) is 14.6 Å². The van der Waals surface area contributed by atoms with Gasteiger partial charge in [-0.15, -0.1) is 0 Å². The summed E-state index contributed by atoms with van der Waals surface area (Å²) in [4.78, 5) is 18.1. The molecule has 2 aromatic heterocycles. The van der Waals surface area contributed by atoms with Gasteiger partial charge < -0.3 is 14.4 Å². The second-order valence-corrected chi connectivity index (χ2v) is 10.4. The molecule has 39 heavy (non-hydrogen) atoms. The van der Waals surface area contributed by atoms with Crippen molar-refractivity contribution in [3.8, 4) is 22.8 Å². The van der Waals surface area contributed by atoms with Crippen molar-refractivity contribution in [3.05, 3.63) is 53.7 Å². The Balaban J connectivity index is 1.76. The minimum Gasteiger partial charge on any atom is -0.497 e. The van der Waals surface area contributed by atoms with Crippen molar-refractivity contribution in [2.75, 3.05) is 46.9 Å². The van der Waals surface area contributed by atoms with Gasteiger partial charge in [0.2, 0.25) is 0 Å². The fourth-order valence-corrected chi connectivity index (χ4v) is 5.18. The monoisotopic (exact) mass is 532 g/mol. The van der Waals surface area contributed by atoms with Gasteiger partial charge in [-0.05, 0) is 63.0 Å². The molecule has 0 spiro atoms. The topological polar surface area (TPSA) is 59.3 Å². The summed E-state index contributed by atoms with van der Waals surface area (Å²) in [6.45, 7) is 9.09. The van der Waals surface area contributed by atoms with Crippen LogP contribution in [-0.2, 0) is 0 Å². The van der Waals surface area contributed by atoms with Crippen LogP contribution in [0, 0.1) is 0 Å². The molecule has 1 aromatic carbocycles. The van der Waals surface area contributed by atoms with Crippen LogP contribution in [0.1, 0.15) is 74.7 Å².